The van der Waals surface area contributed by atoms with Crippen LogP contribution in [0.4, 0.5) is 0 Å². The zero-order valence-corrected chi connectivity index (χ0v) is 6.40. The van der Waals surface area contributed by atoms with Crippen molar-refractivity contribution in [2.45, 2.75) is 6.04 Å². The van der Waals surface area contributed by atoms with Crippen LogP contribution >= 0.6 is 0 Å². The quantitative estimate of drug-likeness (QED) is 0.449. The predicted molar refractivity (Wildman–Crippen MR) is 37.2 cm³/mol. The van der Waals surface area contributed by atoms with E-state index in [-0.39, 0.29) is 6.54 Å². The first-order chi connectivity index (χ1) is 5.54. The van der Waals surface area contributed by atoms with Crippen molar-refractivity contribution < 1.29 is 19.5 Å². The SMILES string of the molecule is CN1C(=O)CNC(=O)C1C(=O)O. The monoisotopic (exact) mass is 172 g/mol. The first-order valence-corrected chi connectivity index (χ1v) is 3.30. The number of carbonyl (C=O) groups is 3. The van der Waals surface area contributed by atoms with E-state index in [4.69, 9.17) is 5.11 Å². The molecule has 0 saturated carbocycles. The molecule has 1 atom stereocenters. The summed E-state index contributed by atoms with van der Waals surface area (Å²) in [5, 5.41) is 10.7. The van der Waals surface area contributed by atoms with Crippen molar-refractivity contribution in [1.82, 2.24) is 10.2 Å². The lowest BCUT2D eigenvalue weighted by Gasteiger charge is -2.28. The van der Waals surface area contributed by atoms with E-state index in [9.17, 15) is 14.4 Å². The highest BCUT2D eigenvalue weighted by atomic mass is 16.4. The average Bonchev–Trinajstić information content (AvgIpc) is 1.97. The maximum absolute atomic E-state index is 10.9. The lowest BCUT2D eigenvalue weighted by molar-refractivity contribution is -0.157. The number of aliphatic carboxylic acids is 1. The summed E-state index contributed by atoms with van der Waals surface area (Å²) in [5.41, 5.74) is 0. The summed E-state index contributed by atoms with van der Waals surface area (Å²) in [6.07, 6.45) is 0. The molecule has 0 radical (unpaired) electrons. The van der Waals surface area contributed by atoms with Gasteiger partial charge in [0.1, 0.15) is 0 Å². The van der Waals surface area contributed by atoms with Crippen molar-refractivity contribution in [2.24, 2.45) is 0 Å². The minimum atomic E-state index is -1.38. The minimum absolute atomic E-state index is 0.126. The van der Waals surface area contributed by atoms with Gasteiger partial charge in [-0.1, -0.05) is 0 Å². The lowest BCUT2D eigenvalue weighted by Crippen LogP contribution is -2.59. The molecule has 2 N–H and O–H groups in total. The number of nitrogens with one attached hydrogen (secondary N) is 1. The van der Waals surface area contributed by atoms with Crippen molar-refractivity contribution in [3.8, 4) is 0 Å². The number of carboxylic acids is 1. The van der Waals surface area contributed by atoms with Crippen molar-refractivity contribution in [2.75, 3.05) is 13.6 Å². The maximum atomic E-state index is 10.9. The van der Waals surface area contributed by atoms with Gasteiger partial charge in [0, 0.05) is 7.05 Å². The van der Waals surface area contributed by atoms with Gasteiger partial charge in [0.25, 0.3) is 5.91 Å². The molecule has 12 heavy (non-hydrogen) atoms. The summed E-state index contributed by atoms with van der Waals surface area (Å²) in [5.74, 6) is -2.37. The van der Waals surface area contributed by atoms with Gasteiger partial charge in [0.15, 0.2) is 0 Å². The van der Waals surface area contributed by atoms with Crippen molar-refractivity contribution >= 4 is 17.8 Å². The second-order valence-corrected chi connectivity index (χ2v) is 2.46. The van der Waals surface area contributed by atoms with E-state index in [0.717, 1.165) is 4.90 Å². The number of rotatable bonds is 1. The number of piperazine rings is 1. The van der Waals surface area contributed by atoms with Gasteiger partial charge >= 0.3 is 5.97 Å². The van der Waals surface area contributed by atoms with Gasteiger partial charge in [-0.15, -0.1) is 0 Å². The van der Waals surface area contributed by atoms with E-state index in [1.807, 2.05) is 0 Å². The van der Waals surface area contributed by atoms with Gasteiger partial charge < -0.3 is 15.3 Å². The smallest absolute Gasteiger partial charge is 0.336 e. The highest BCUT2D eigenvalue weighted by molar-refractivity contribution is 6.07. The second-order valence-electron chi connectivity index (χ2n) is 2.46. The number of hydrogen-bond donors (Lipinski definition) is 2. The minimum Gasteiger partial charge on any atom is -0.479 e. The van der Waals surface area contributed by atoms with Crippen LogP contribution in [0.25, 0.3) is 0 Å². The van der Waals surface area contributed by atoms with Gasteiger partial charge in [0.05, 0.1) is 6.54 Å². The normalized spacial score (nSPS) is 23.8. The van der Waals surface area contributed by atoms with Crippen molar-refractivity contribution in [3.63, 3.8) is 0 Å². The molecule has 1 fully saturated rings. The molecule has 2 amide bonds. The number of hydrogen-bond acceptors (Lipinski definition) is 3. The van der Waals surface area contributed by atoms with E-state index >= 15 is 0 Å². The summed E-state index contributed by atoms with van der Waals surface area (Å²) in [4.78, 5) is 33.2. The number of likely N-dealkylation sites (N-methyl/N-ethyl adjacent to an activating group) is 1. The molecule has 0 aromatic heterocycles. The molecule has 0 aliphatic carbocycles. The molecule has 1 saturated heterocycles. The Hall–Kier alpha value is -1.59. The van der Waals surface area contributed by atoms with Crippen molar-refractivity contribution in [1.29, 1.82) is 0 Å². The van der Waals surface area contributed by atoms with E-state index in [2.05, 4.69) is 5.32 Å². The van der Waals surface area contributed by atoms with E-state index in [0.29, 0.717) is 0 Å². The van der Waals surface area contributed by atoms with Crippen LogP contribution in [0.5, 0.6) is 0 Å². The molecule has 0 aromatic carbocycles. The molecular formula is C6H8N2O4. The Balaban J connectivity index is 2.86. The Kier molecular flexibility index (Phi) is 1.99. The van der Waals surface area contributed by atoms with Crippen LogP contribution in [-0.2, 0) is 14.4 Å². The topological polar surface area (TPSA) is 86.7 Å². The van der Waals surface area contributed by atoms with E-state index in [1.165, 1.54) is 7.05 Å². The predicted octanol–water partition coefficient (Wildman–Crippen LogP) is -1.97. The molecule has 6 heteroatoms. The lowest BCUT2D eigenvalue weighted by atomic mass is 10.2. The fourth-order valence-corrected chi connectivity index (χ4v) is 0.982. The summed E-state index contributed by atoms with van der Waals surface area (Å²) >= 11 is 0. The zero-order valence-electron chi connectivity index (χ0n) is 6.40. The second kappa shape index (κ2) is 2.80. The Morgan fingerprint density at radius 3 is 2.67 bits per heavy atom. The molecule has 0 spiro atoms. The number of carbonyl (C=O) groups excluding carboxylic acids is 2. The highest BCUT2D eigenvalue weighted by Gasteiger charge is 2.37. The number of carboxylic acid groups (broad SMARTS) is 1. The molecule has 1 aliphatic rings. The summed E-state index contributed by atoms with van der Waals surface area (Å²) in [7, 11) is 1.29. The number of nitrogens with zero attached hydrogens (tertiary/aromatic N) is 1. The first-order valence-electron chi connectivity index (χ1n) is 3.30. The number of amides is 2. The molecular weight excluding hydrogens is 164 g/mol. The van der Waals surface area contributed by atoms with Gasteiger partial charge in [-0.05, 0) is 0 Å². The Labute approximate surface area is 68.1 Å². The van der Waals surface area contributed by atoms with Crippen LogP contribution in [0.3, 0.4) is 0 Å². The van der Waals surface area contributed by atoms with Crippen LogP contribution in [0, 0.1) is 0 Å². The standard InChI is InChI=1S/C6H8N2O4/c1-8-3(9)2-7-5(10)4(8)6(11)12/h4H,2H2,1H3,(H,7,10)(H,11,12). The maximum Gasteiger partial charge on any atom is 0.336 e. The van der Waals surface area contributed by atoms with Crippen LogP contribution in [0.2, 0.25) is 0 Å². The Bertz CT molecular complexity index is 250. The molecule has 0 aromatic rings. The van der Waals surface area contributed by atoms with E-state index in [1.54, 1.807) is 0 Å². The molecule has 1 aliphatic heterocycles. The molecule has 1 rings (SSSR count). The Morgan fingerprint density at radius 2 is 2.25 bits per heavy atom. The molecule has 66 valence electrons. The third-order valence-corrected chi connectivity index (χ3v) is 1.68. The van der Waals surface area contributed by atoms with Crippen LogP contribution in [0.1, 0.15) is 0 Å². The molecule has 1 heterocycles. The van der Waals surface area contributed by atoms with Crippen LogP contribution in [-0.4, -0.2) is 47.4 Å². The van der Waals surface area contributed by atoms with Gasteiger partial charge in [-0.25, -0.2) is 4.79 Å². The van der Waals surface area contributed by atoms with E-state index < -0.39 is 23.8 Å². The highest BCUT2D eigenvalue weighted by Crippen LogP contribution is 2.02. The first kappa shape index (κ1) is 8.51. The summed E-state index contributed by atoms with van der Waals surface area (Å²) in [6.45, 7) is -0.126. The third kappa shape index (κ3) is 1.23. The average molecular weight is 172 g/mol. The van der Waals surface area contributed by atoms with Gasteiger partial charge in [0.2, 0.25) is 11.9 Å². The van der Waals surface area contributed by atoms with Crippen LogP contribution < -0.4 is 5.32 Å². The summed E-state index contributed by atoms with van der Waals surface area (Å²) < 4.78 is 0. The fraction of sp³-hybridized carbons (Fsp3) is 0.500. The zero-order chi connectivity index (χ0) is 9.30. The van der Waals surface area contributed by atoms with Gasteiger partial charge in [-0.2, -0.15) is 0 Å². The van der Waals surface area contributed by atoms with Crippen molar-refractivity contribution in [3.05, 3.63) is 0 Å². The van der Waals surface area contributed by atoms with Crippen LogP contribution in [0.15, 0.2) is 0 Å². The largest absolute Gasteiger partial charge is 0.479 e. The molecule has 6 nitrogen and oxygen atoms in total. The fourth-order valence-electron chi connectivity index (χ4n) is 0.982. The van der Waals surface area contributed by atoms with Gasteiger partial charge in [-0.3, -0.25) is 9.59 Å². The Morgan fingerprint density at radius 1 is 1.67 bits per heavy atom. The molecule has 1 unspecified atom stereocenters. The summed E-state index contributed by atoms with van der Waals surface area (Å²) in [6, 6.07) is -1.38. The molecule has 0 bridgehead atoms. The third-order valence-electron chi connectivity index (χ3n) is 1.68.